The highest BCUT2D eigenvalue weighted by Crippen LogP contribution is 2.43. The number of amides is 1. The highest BCUT2D eigenvalue weighted by molar-refractivity contribution is 8.00. The van der Waals surface area contributed by atoms with Gasteiger partial charge in [0, 0.05) is 19.1 Å². The molecule has 0 bridgehead atoms. The number of nitrogens with zero attached hydrogens (tertiary/aromatic N) is 2. The van der Waals surface area contributed by atoms with E-state index in [1.165, 1.54) is 42.2 Å². The van der Waals surface area contributed by atoms with E-state index in [0.717, 1.165) is 30.6 Å². The van der Waals surface area contributed by atoms with Gasteiger partial charge in [-0.1, -0.05) is 48.6 Å². The topological polar surface area (TPSA) is 77.2 Å². The lowest BCUT2D eigenvalue weighted by molar-refractivity contribution is -0.263. The number of alkyl halides is 3. The second-order valence-corrected chi connectivity index (χ2v) is 8.36. The number of nitrogens with one attached hydrogen (secondary N) is 1. The summed E-state index contributed by atoms with van der Waals surface area (Å²) < 4.78 is 52.8. The molecule has 1 atom stereocenters. The van der Waals surface area contributed by atoms with Crippen molar-refractivity contribution < 1.29 is 27.1 Å². The number of carbonyl (C=O) groups is 1. The minimum atomic E-state index is -4.98. The number of thiazole rings is 1. The van der Waals surface area contributed by atoms with Gasteiger partial charge in [0.1, 0.15) is 5.76 Å². The molecule has 11 heteroatoms. The number of aryl methyl sites for hydroxylation is 1. The van der Waals surface area contributed by atoms with Crippen molar-refractivity contribution >= 4 is 34.1 Å². The van der Waals surface area contributed by atoms with Gasteiger partial charge in [-0.3, -0.25) is 10.1 Å². The van der Waals surface area contributed by atoms with Crippen LogP contribution in [0.25, 0.3) is 0 Å². The van der Waals surface area contributed by atoms with Gasteiger partial charge in [0.05, 0.1) is 22.4 Å². The van der Waals surface area contributed by atoms with E-state index in [1.54, 1.807) is 12.3 Å². The number of oxazole rings is 1. The van der Waals surface area contributed by atoms with Crippen molar-refractivity contribution in [3.63, 3.8) is 0 Å². The van der Waals surface area contributed by atoms with Crippen LogP contribution >= 0.6 is 23.1 Å². The van der Waals surface area contributed by atoms with Crippen molar-refractivity contribution in [1.29, 1.82) is 0 Å². The van der Waals surface area contributed by atoms with Crippen molar-refractivity contribution in [3.05, 3.63) is 59.9 Å². The Bertz CT molecular complexity index is 992. The lowest BCUT2D eigenvalue weighted by Crippen LogP contribution is -2.53. The average Bonchev–Trinajstić information content (AvgIpc) is 3.36. The zero-order valence-electron chi connectivity index (χ0n) is 16.0. The maximum absolute atomic E-state index is 13.9. The molecule has 3 rings (SSSR count). The van der Waals surface area contributed by atoms with Crippen molar-refractivity contribution in [2.75, 3.05) is 12.4 Å². The van der Waals surface area contributed by atoms with Crippen molar-refractivity contribution in [2.45, 2.75) is 35.1 Å². The number of ether oxygens (including phenoxy) is 1. The van der Waals surface area contributed by atoms with E-state index in [2.05, 4.69) is 15.3 Å². The Labute approximate surface area is 178 Å². The molecule has 1 N–H and O–H groups in total. The summed E-state index contributed by atoms with van der Waals surface area (Å²) >= 11 is 2.41. The van der Waals surface area contributed by atoms with Crippen LogP contribution in [0.5, 0.6) is 0 Å². The number of rotatable bonds is 8. The largest absolute Gasteiger partial charge is 0.445 e. The lowest BCUT2D eigenvalue weighted by atomic mass is 9.91. The van der Waals surface area contributed by atoms with Gasteiger partial charge in [-0.05, 0) is 0 Å². The molecular formula is C19H18F3N3O3S2. The highest BCUT2D eigenvalue weighted by atomic mass is 32.2. The zero-order valence-corrected chi connectivity index (χ0v) is 17.7. The summed E-state index contributed by atoms with van der Waals surface area (Å²) in [6.07, 6.45) is -1.13. The second kappa shape index (κ2) is 9.19. The Morgan fingerprint density at radius 3 is 2.57 bits per heavy atom. The van der Waals surface area contributed by atoms with Crippen LogP contribution in [0.3, 0.4) is 0 Å². The van der Waals surface area contributed by atoms with Gasteiger partial charge in [0.15, 0.2) is 5.13 Å². The molecule has 160 valence electrons. The quantitative estimate of drug-likeness (QED) is 0.478. The summed E-state index contributed by atoms with van der Waals surface area (Å²) in [6.45, 7) is 1.95. The minimum Gasteiger partial charge on any atom is -0.445 e. The van der Waals surface area contributed by atoms with Crippen LogP contribution in [0.1, 0.15) is 24.1 Å². The summed E-state index contributed by atoms with van der Waals surface area (Å²) in [6, 6.07) is 6.76. The fourth-order valence-electron chi connectivity index (χ4n) is 2.70. The van der Waals surface area contributed by atoms with E-state index >= 15 is 0 Å². The fraction of sp³-hybridized carbons (Fsp3) is 0.316. The van der Waals surface area contributed by atoms with Crippen LogP contribution in [-0.2, 0) is 27.3 Å². The van der Waals surface area contributed by atoms with Gasteiger partial charge in [-0.15, -0.1) is 11.8 Å². The molecule has 6 nitrogen and oxygen atoms in total. The fourth-order valence-corrected chi connectivity index (χ4v) is 4.42. The molecular weight excluding hydrogens is 439 g/mol. The molecule has 1 unspecified atom stereocenters. The number of benzene rings is 1. The Morgan fingerprint density at radius 2 is 1.97 bits per heavy atom. The monoisotopic (exact) mass is 457 g/mol. The Hall–Kier alpha value is -2.37. The minimum absolute atomic E-state index is 0.0331. The van der Waals surface area contributed by atoms with E-state index in [0.29, 0.717) is 15.9 Å². The molecule has 0 saturated carbocycles. The standard InChI is InChI=1S/C19H18F3N3O3S2/c1-3-13-9-23-14(28-13)11-29-15-10-24-17(30-15)25-16(26)18(27-2,19(20,21)22)12-7-5-4-6-8-12/h4-10H,3,11H2,1-2H3,(H,24,25,26). The van der Waals surface area contributed by atoms with Gasteiger partial charge in [0.2, 0.25) is 5.89 Å². The second-order valence-electron chi connectivity index (χ2n) is 6.05. The summed E-state index contributed by atoms with van der Waals surface area (Å²) in [5.41, 5.74) is -3.47. The van der Waals surface area contributed by atoms with E-state index < -0.39 is 17.7 Å². The van der Waals surface area contributed by atoms with Gasteiger partial charge < -0.3 is 9.15 Å². The van der Waals surface area contributed by atoms with Gasteiger partial charge in [-0.2, -0.15) is 13.2 Å². The van der Waals surface area contributed by atoms with Gasteiger partial charge in [0.25, 0.3) is 11.5 Å². The molecule has 1 amide bonds. The molecule has 1 aromatic carbocycles. The van der Waals surface area contributed by atoms with Crippen LogP contribution < -0.4 is 5.32 Å². The van der Waals surface area contributed by atoms with Gasteiger partial charge >= 0.3 is 6.18 Å². The number of anilines is 1. The van der Waals surface area contributed by atoms with Crippen molar-refractivity contribution in [1.82, 2.24) is 9.97 Å². The predicted octanol–water partition coefficient (Wildman–Crippen LogP) is 5.03. The SMILES string of the molecule is CCc1cnc(CSc2cnc(NC(=O)C(OC)(c3ccccc3)C(F)(F)F)s2)o1. The molecule has 0 saturated heterocycles. The number of aromatic nitrogens is 2. The van der Waals surface area contributed by atoms with Crippen molar-refractivity contribution in [2.24, 2.45) is 0 Å². The molecule has 2 aromatic heterocycles. The molecule has 0 aliphatic heterocycles. The molecule has 0 spiro atoms. The first-order valence-electron chi connectivity index (χ1n) is 8.81. The summed E-state index contributed by atoms with van der Waals surface area (Å²) in [5.74, 6) is 0.376. The van der Waals surface area contributed by atoms with Crippen LogP contribution in [0.4, 0.5) is 18.3 Å². The lowest BCUT2D eigenvalue weighted by Gasteiger charge is -2.32. The molecule has 3 aromatic rings. The van der Waals surface area contributed by atoms with Crippen molar-refractivity contribution in [3.8, 4) is 0 Å². The molecule has 30 heavy (non-hydrogen) atoms. The number of hydrogen-bond acceptors (Lipinski definition) is 7. The molecule has 0 aliphatic rings. The Kier molecular flexibility index (Phi) is 6.84. The number of hydrogen-bond donors (Lipinski definition) is 1. The molecule has 0 radical (unpaired) electrons. The average molecular weight is 457 g/mol. The first kappa shape index (κ1) is 22.3. The Balaban J connectivity index is 1.75. The van der Waals surface area contributed by atoms with E-state index in [1.807, 2.05) is 6.92 Å². The number of halogens is 3. The van der Waals surface area contributed by atoms with E-state index in [9.17, 15) is 18.0 Å². The molecule has 0 fully saturated rings. The maximum atomic E-state index is 13.9. The molecule has 2 heterocycles. The summed E-state index contributed by atoms with van der Waals surface area (Å²) in [7, 11) is 0.851. The Morgan fingerprint density at radius 1 is 1.23 bits per heavy atom. The normalized spacial score (nSPS) is 13.8. The third kappa shape index (κ3) is 4.52. The van der Waals surface area contributed by atoms with Gasteiger partial charge in [-0.25, -0.2) is 9.97 Å². The first-order chi connectivity index (χ1) is 14.3. The third-order valence-electron chi connectivity index (χ3n) is 4.20. The smallest absolute Gasteiger partial charge is 0.430 e. The zero-order chi connectivity index (χ0) is 21.8. The van der Waals surface area contributed by atoms with Crippen LogP contribution in [0.2, 0.25) is 0 Å². The van der Waals surface area contributed by atoms with Crippen LogP contribution in [-0.4, -0.2) is 29.2 Å². The molecule has 0 aliphatic carbocycles. The van der Waals surface area contributed by atoms with Crippen LogP contribution in [0.15, 0.2) is 51.4 Å². The highest BCUT2D eigenvalue weighted by Gasteiger charge is 2.62. The summed E-state index contributed by atoms with van der Waals surface area (Å²) in [4.78, 5) is 20.9. The predicted molar refractivity (Wildman–Crippen MR) is 107 cm³/mol. The van der Waals surface area contributed by atoms with Crippen LogP contribution in [0, 0.1) is 0 Å². The van der Waals surface area contributed by atoms with E-state index in [4.69, 9.17) is 9.15 Å². The maximum Gasteiger partial charge on any atom is 0.430 e. The number of carbonyl (C=O) groups excluding carboxylic acids is 1. The number of methoxy groups -OCH3 is 1. The van der Waals surface area contributed by atoms with E-state index in [-0.39, 0.29) is 10.7 Å². The number of thioether (sulfide) groups is 1. The summed E-state index contributed by atoms with van der Waals surface area (Å²) in [5, 5.41) is 2.27. The third-order valence-corrected chi connectivity index (χ3v) is 6.29. The first-order valence-corrected chi connectivity index (χ1v) is 10.6.